The van der Waals surface area contributed by atoms with Crippen LogP contribution in [0.2, 0.25) is 5.02 Å². The van der Waals surface area contributed by atoms with E-state index in [2.05, 4.69) is 5.32 Å². The highest BCUT2D eigenvalue weighted by atomic mass is 35.5. The van der Waals surface area contributed by atoms with E-state index in [4.69, 9.17) is 16.0 Å². The maximum absolute atomic E-state index is 13.7. The highest BCUT2D eigenvalue weighted by Gasteiger charge is 2.29. The molecule has 4 nitrogen and oxygen atoms in total. The molecule has 1 heterocycles. The molecule has 0 aliphatic carbocycles. The van der Waals surface area contributed by atoms with Crippen molar-refractivity contribution in [3.63, 3.8) is 0 Å². The molecule has 0 radical (unpaired) electrons. The van der Waals surface area contributed by atoms with E-state index in [0.717, 1.165) is 6.07 Å². The molecule has 2 aromatic rings. The lowest BCUT2D eigenvalue weighted by Gasteiger charge is -2.23. The van der Waals surface area contributed by atoms with Gasteiger partial charge in [0.05, 0.1) is 17.1 Å². The lowest BCUT2D eigenvalue weighted by molar-refractivity contribution is 0.0513. The van der Waals surface area contributed by atoms with Crippen molar-refractivity contribution in [1.82, 2.24) is 5.32 Å². The first kappa shape index (κ1) is 16.5. The van der Waals surface area contributed by atoms with Crippen LogP contribution in [0.15, 0.2) is 28.7 Å². The van der Waals surface area contributed by atoms with Gasteiger partial charge < -0.3 is 14.8 Å². The number of hydrogen-bond donors (Lipinski definition) is 2. The predicted octanol–water partition coefficient (Wildman–Crippen LogP) is 3.33. The first-order chi connectivity index (χ1) is 10.2. The van der Waals surface area contributed by atoms with Crippen LogP contribution in [0.25, 0.3) is 0 Å². The molecule has 0 bridgehead atoms. The first-order valence-corrected chi connectivity index (χ1v) is 7.12. The van der Waals surface area contributed by atoms with E-state index in [1.807, 2.05) is 0 Å². The van der Waals surface area contributed by atoms with E-state index in [1.54, 1.807) is 26.8 Å². The fraction of sp³-hybridized carbons (Fsp3) is 0.312. The molecule has 0 aliphatic heterocycles. The third-order valence-electron chi connectivity index (χ3n) is 3.40. The van der Waals surface area contributed by atoms with Gasteiger partial charge in [0.25, 0.3) is 5.91 Å². The van der Waals surface area contributed by atoms with Crippen molar-refractivity contribution >= 4 is 17.5 Å². The topological polar surface area (TPSA) is 62.5 Å². The summed E-state index contributed by atoms with van der Waals surface area (Å²) in [5.74, 6) is -0.154. The van der Waals surface area contributed by atoms with E-state index in [9.17, 15) is 14.3 Å². The average molecular weight is 326 g/mol. The monoisotopic (exact) mass is 325 g/mol. The van der Waals surface area contributed by atoms with Crippen molar-refractivity contribution in [2.45, 2.75) is 26.4 Å². The second kappa shape index (κ2) is 6.10. The van der Waals surface area contributed by atoms with Gasteiger partial charge in [0, 0.05) is 5.56 Å². The Balaban J connectivity index is 2.15. The highest BCUT2D eigenvalue weighted by Crippen LogP contribution is 2.26. The molecule has 22 heavy (non-hydrogen) atoms. The summed E-state index contributed by atoms with van der Waals surface area (Å²) in [7, 11) is 0. The van der Waals surface area contributed by atoms with Crippen molar-refractivity contribution < 1.29 is 18.7 Å². The zero-order valence-electron chi connectivity index (χ0n) is 12.5. The summed E-state index contributed by atoms with van der Waals surface area (Å²) in [6, 6.07) is 5.71. The minimum atomic E-state index is -1.34. The van der Waals surface area contributed by atoms with Crippen molar-refractivity contribution in [1.29, 1.82) is 0 Å². The van der Waals surface area contributed by atoms with Crippen molar-refractivity contribution in [3.8, 4) is 0 Å². The molecule has 1 aromatic heterocycles. The molecular weight excluding hydrogens is 309 g/mol. The Morgan fingerprint density at radius 1 is 1.45 bits per heavy atom. The molecule has 0 fully saturated rings. The molecule has 1 aromatic carbocycles. The normalized spacial score (nSPS) is 13.7. The summed E-state index contributed by atoms with van der Waals surface area (Å²) in [5, 5.41) is 13.0. The van der Waals surface area contributed by atoms with Crippen LogP contribution in [0.3, 0.4) is 0 Å². The van der Waals surface area contributed by atoms with Gasteiger partial charge in [-0.2, -0.15) is 0 Å². The second-order valence-electron chi connectivity index (χ2n) is 5.38. The van der Waals surface area contributed by atoms with Crippen LogP contribution in [-0.4, -0.2) is 17.6 Å². The maximum atomic E-state index is 13.7. The highest BCUT2D eigenvalue weighted by molar-refractivity contribution is 6.33. The van der Waals surface area contributed by atoms with Gasteiger partial charge in [0.2, 0.25) is 0 Å². The summed E-state index contributed by atoms with van der Waals surface area (Å²) < 4.78 is 19.1. The third kappa shape index (κ3) is 3.31. The summed E-state index contributed by atoms with van der Waals surface area (Å²) in [4.78, 5) is 12.1. The number of halogens is 2. The van der Waals surface area contributed by atoms with E-state index in [0.29, 0.717) is 17.1 Å². The Morgan fingerprint density at radius 2 is 2.14 bits per heavy atom. The van der Waals surface area contributed by atoms with Gasteiger partial charge in [-0.25, -0.2) is 4.39 Å². The zero-order valence-corrected chi connectivity index (χ0v) is 13.3. The summed E-state index contributed by atoms with van der Waals surface area (Å²) in [6.07, 6.45) is 0. The fourth-order valence-corrected chi connectivity index (χ4v) is 2.57. The number of amides is 1. The summed E-state index contributed by atoms with van der Waals surface area (Å²) in [6.45, 7) is 4.94. The molecule has 1 atom stereocenters. The Labute approximate surface area is 132 Å². The van der Waals surface area contributed by atoms with Gasteiger partial charge in [0.15, 0.2) is 0 Å². The van der Waals surface area contributed by atoms with Crippen LogP contribution in [0.4, 0.5) is 4.39 Å². The van der Waals surface area contributed by atoms with Crippen LogP contribution in [-0.2, 0) is 5.60 Å². The molecular formula is C16H17ClFNO3. The Kier molecular flexibility index (Phi) is 4.58. The Hall–Kier alpha value is -1.85. The van der Waals surface area contributed by atoms with Crippen molar-refractivity contribution in [2.75, 3.05) is 6.54 Å². The van der Waals surface area contributed by atoms with Crippen LogP contribution >= 0.6 is 11.6 Å². The van der Waals surface area contributed by atoms with Gasteiger partial charge in [-0.15, -0.1) is 0 Å². The fourth-order valence-electron chi connectivity index (χ4n) is 2.32. The van der Waals surface area contributed by atoms with Gasteiger partial charge in [-0.3, -0.25) is 4.79 Å². The minimum Gasteiger partial charge on any atom is -0.466 e. The average Bonchev–Trinajstić information content (AvgIpc) is 2.76. The maximum Gasteiger partial charge on any atom is 0.255 e. The molecule has 2 rings (SSSR count). The molecule has 0 unspecified atom stereocenters. The Bertz CT molecular complexity index is 689. The SMILES string of the molecule is Cc1cc([C@@](C)(O)CNC(=O)c2c(F)cccc2Cl)c(C)o1. The molecule has 0 aliphatic rings. The number of aliphatic hydroxyl groups is 1. The zero-order chi connectivity index (χ0) is 16.5. The summed E-state index contributed by atoms with van der Waals surface area (Å²) >= 11 is 5.84. The van der Waals surface area contributed by atoms with Gasteiger partial charge >= 0.3 is 0 Å². The molecule has 118 valence electrons. The van der Waals surface area contributed by atoms with Gasteiger partial charge in [-0.05, 0) is 39.0 Å². The number of furan rings is 1. The van der Waals surface area contributed by atoms with Crippen LogP contribution in [0.1, 0.15) is 34.4 Å². The first-order valence-electron chi connectivity index (χ1n) is 6.74. The quantitative estimate of drug-likeness (QED) is 0.906. The van der Waals surface area contributed by atoms with E-state index in [-0.39, 0.29) is 17.1 Å². The smallest absolute Gasteiger partial charge is 0.255 e. The molecule has 0 spiro atoms. The third-order valence-corrected chi connectivity index (χ3v) is 3.72. The Morgan fingerprint density at radius 3 is 2.68 bits per heavy atom. The number of carbonyl (C=O) groups is 1. The lowest BCUT2D eigenvalue weighted by Crippen LogP contribution is -2.39. The predicted molar refractivity (Wildman–Crippen MR) is 81.5 cm³/mol. The summed E-state index contributed by atoms with van der Waals surface area (Å²) in [5.41, 5.74) is -1.00. The lowest BCUT2D eigenvalue weighted by atomic mass is 9.96. The van der Waals surface area contributed by atoms with Crippen molar-refractivity contribution in [2.24, 2.45) is 0 Å². The molecule has 0 saturated heterocycles. The number of benzene rings is 1. The van der Waals surface area contributed by atoms with E-state index >= 15 is 0 Å². The van der Waals surface area contributed by atoms with Crippen LogP contribution < -0.4 is 5.32 Å². The number of carbonyl (C=O) groups excluding carboxylic acids is 1. The van der Waals surface area contributed by atoms with Crippen molar-refractivity contribution in [3.05, 3.63) is 57.8 Å². The molecule has 1 amide bonds. The van der Waals surface area contributed by atoms with Crippen LogP contribution in [0, 0.1) is 19.7 Å². The standard InChI is InChI=1S/C16H17ClFNO3/c1-9-7-11(10(2)22-9)16(3,21)8-19-15(20)14-12(17)5-4-6-13(14)18/h4-7,21H,8H2,1-3H3,(H,19,20)/t16-/m0/s1. The van der Waals surface area contributed by atoms with Crippen LogP contribution in [0.5, 0.6) is 0 Å². The van der Waals surface area contributed by atoms with Gasteiger partial charge in [0.1, 0.15) is 22.9 Å². The second-order valence-corrected chi connectivity index (χ2v) is 5.79. The number of rotatable bonds is 4. The largest absolute Gasteiger partial charge is 0.466 e. The molecule has 2 N–H and O–H groups in total. The number of aryl methyl sites for hydroxylation is 2. The van der Waals surface area contributed by atoms with E-state index < -0.39 is 17.3 Å². The number of nitrogens with one attached hydrogen (secondary N) is 1. The molecule has 0 saturated carbocycles. The minimum absolute atomic E-state index is 0.0208. The van der Waals surface area contributed by atoms with E-state index in [1.165, 1.54) is 12.1 Å². The molecule has 6 heteroatoms. The number of hydrogen-bond acceptors (Lipinski definition) is 3. The van der Waals surface area contributed by atoms with Gasteiger partial charge in [-0.1, -0.05) is 17.7 Å².